The van der Waals surface area contributed by atoms with Gasteiger partial charge < -0.3 is 19.8 Å². The number of aliphatic imine (C=N–C) groups is 1. The molecule has 6 nitrogen and oxygen atoms in total. The molecule has 1 aliphatic rings. The van der Waals surface area contributed by atoms with Crippen LogP contribution in [0.5, 0.6) is 5.75 Å². The summed E-state index contributed by atoms with van der Waals surface area (Å²) in [5.74, 6) is 2.65. The van der Waals surface area contributed by atoms with E-state index in [0.717, 1.165) is 42.7 Å². The second-order valence-corrected chi connectivity index (χ2v) is 6.79. The van der Waals surface area contributed by atoms with E-state index < -0.39 is 0 Å². The standard InChI is InChI=1S/C21H30N4O2/c1-22-21(23-15-17-8-6-9-18(14-17)26-2)24-16-19(20-10-7-13-27-20)25-11-4-3-5-12-25/h6-10,13-14,19H,3-5,11-12,15-16H2,1-2H3,(H2,22,23,24). The lowest BCUT2D eigenvalue weighted by atomic mass is 10.1. The van der Waals surface area contributed by atoms with Gasteiger partial charge in [0.1, 0.15) is 11.5 Å². The fraction of sp³-hybridized carbons (Fsp3) is 0.476. The van der Waals surface area contributed by atoms with Crippen LogP contribution in [0.25, 0.3) is 0 Å². The number of nitrogens with zero attached hydrogens (tertiary/aromatic N) is 2. The first-order valence-electron chi connectivity index (χ1n) is 9.65. The van der Waals surface area contributed by atoms with Crippen molar-refractivity contribution < 1.29 is 9.15 Å². The van der Waals surface area contributed by atoms with Gasteiger partial charge in [0.15, 0.2) is 5.96 Å². The summed E-state index contributed by atoms with van der Waals surface area (Å²) in [6.07, 6.45) is 5.57. The first-order chi connectivity index (χ1) is 13.3. The summed E-state index contributed by atoms with van der Waals surface area (Å²) >= 11 is 0. The minimum Gasteiger partial charge on any atom is -0.497 e. The first-order valence-corrected chi connectivity index (χ1v) is 9.65. The second kappa shape index (κ2) is 10.0. The first kappa shape index (κ1) is 19.3. The van der Waals surface area contributed by atoms with Crippen molar-refractivity contribution >= 4 is 5.96 Å². The predicted molar refractivity (Wildman–Crippen MR) is 108 cm³/mol. The number of furan rings is 1. The average molecular weight is 370 g/mol. The van der Waals surface area contributed by atoms with Crippen molar-refractivity contribution in [3.05, 3.63) is 54.0 Å². The maximum atomic E-state index is 5.71. The molecule has 1 saturated heterocycles. The number of rotatable bonds is 7. The molecule has 3 rings (SSSR count). The zero-order valence-electron chi connectivity index (χ0n) is 16.3. The summed E-state index contributed by atoms with van der Waals surface area (Å²) in [4.78, 5) is 6.86. The van der Waals surface area contributed by atoms with Crippen molar-refractivity contribution in [2.75, 3.05) is 33.8 Å². The Morgan fingerprint density at radius 3 is 2.74 bits per heavy atom. The monoisotopic (exact) mass is 370 g/mol. The third kappa shape index (κ3) is 5.50. The Bertz CT molecular complexity index is 709. The summed E-state index contributed by atoms with van der Waals surface area (Å²) in [7, 11) is 3.48. The van der Waals surface area contributed by atoms with Gasteiger partial charge in [0, 0.05) is 20.1 Å². The van der Waals surface area contributed by atoms with Crippen molar-refractivity contribution in [1.82, 2.24) is 15.5 Å². The number of likely N-dealkylation sites (tertiary alicyclic amines) is 1. The number of nitrogens with one attached hydrogen (secondary N) is 2. The highest BCUT2D eigenvalue weighted by molar-refractivity contribution is 5.79. The molecular weight excluding hydrogens is 340 g/mol. The van der Waals surface area contributed by atoms with Crippen LogP contribution in [-0.2, 0) is 6.54 Å². The van der Waals surface area contributed by atoms with Gasteiger partial charge in [-0.3, -0.25) is 9.89 Å². The van der Waals surface area contributed by atoms with Gasteiger partial charge in [-0.2, -0.15) is 0 Å². The Labute approximate surface area is 161 Å². The van der Waals surface area contributed by atoms with Crippen molar-refractivity contribution in [2.45, 2.75) is 31.8 Å². The molecule has 1 aromatic carbocycles. The average Bonchev–Trinajstić information content (AvgIpc) is 3.26. The van der Waals surface area contributed by atoms with Gasteiger partial charge in [-0.05, 0) is 55.8 Å². The lowest BCUT2D eigenvalue weighted by Crippen LogP contribution is -2.44. The smallest absolute Gasteiger partial charge is 0.191 e. The number of hydrogen-bond donors (Lipinski definition) is 2. The van der Waals surface area contributed by atoms with Crippen molar-refractivity contribution in [2.24, 2.45) is 4.99 Å². The van der Waals surface area contributed by atoms with Gasteiger partial charge in [0.05, 0.1) is 19.4 Å². The molecule has 0 saturated carbocycles. The van der Waals surface area contributed by atoms with Crippen LogP contribution in [0.2, 0.25) is 0 Å². The lowest BCUT2D eigenvalue weighted by molar-refractivity contribution is 0.146. The molecule has 2 heterocycles. The van der Waals surface area contributed by atoms with Crippen LogP contribution in [0.15, 0.2) is 52.1 Å². The lowest BCUT2D eigenvalue weighted by Gasteiger charge is -2.33. The highest BCUT2D eigenvalue weighted by atomic mass is 16.5. The highest BCUT2D eigenvalue weighted by Crippen LogP contribution is 2.24. The van der Waals surface area contributed by atoms with E-state index in [2.05, 4.69) is 32.7 Å². The number of hydrogen-bond acceptors (Lipinski definition) is 4. The Morgan fingerprint density at radius 1 is 1.19 bits per heavy atom. The van der Waals surface area contributed by atoms with Gasteiger partial charge >= 0.3 is 0 Å². The van der Waals surface area contributed by atoms with Crippen molar-refractivity contribution in [3.8, 4) is 5.75 Å². The molecule has 2 aromatic rings. The summed E-state index contributed by atoms with van der Waals surface area (Å²) in [5.41, 5.74) is 1.15. The summed E-state index contributed by atoms with van der Waals surface area (Å²) in [6.45, 7) is 3.67. The molecule has 0 radical (unpaired) electrons. The van der Waals surface area contributed by atoms with E-state index in [4.69, 9.17) is 9.15 Å². The zero-order chi connectivity index (χ0) is 18.9. The van der Waals surface area contributed by atoms with E-state index in [1.54, 1.807) is 20.4 Å². The molecule has 2 N–H and O–H groups in total. The largest absolute Gasteiger partial charge is 0.497 e. The normalized spacial score (nSPS) is 16.7. The van der Waals surface area contributed by atoms with Crippen LogP contribution < -0.4 is 15.4 Å². The Balaban J connectivity index is 1.57. The minimum absolute atomic E-state index is 0.218. The van der Waals surface area contributed by atoms with Gasteiger partial charge in [-0.1, -0.05) is 18.6 Å². The van der Waals surface area contributed by atoms with Gasteiger partial charge in [-0.15, -0.1) is 0 Å². The van der Waals surface area contributed by atoms with E-state index in [1.807, 2.05) is 24.3 Å². The number of guanidine groups is 1. The predicted octanol–water partition coefficient (Wildman–Crippen LogP) is 3.18. The van der Waals surface area contributed by atoms with Gasteiger partial charge in [0.2, 0.25) is 0 Å². The molecule has 1 unspecified atom stereocenters. The fourth-order valence-electron chi connectivity index (χ4n) is 3.50. The maximum Gasteiger partial charge on any atom is 0.191 e. The summed E-state index contributed by atoms with van der Waals surface area (Å²) in [5, 5.41) is 6.83. The third-order valence-corrected chi connectivity index (χ3v) is 4.98. The second-order valence-electron chi connectivity index (χ2n) is 6.79. The van der Waals surface area contributed by atoms with E-state index in [0.29, 0.717) is 6.54 Å². The van der Waals surface area contributed by atoms with Crippen molar-refractivity contribution in [1.29, 1.82) is 0 Å². The highest BCUT2D eigenvalue weighted by Gasteiger charge is 2.24. The molecule has 1 atom stereocenters. The molecule has 0 spiro atoms. The van der Waals surface area contributed by atoms with Gasteiger partial charge in [-0.25, -0.2) is 0 Å². The number of piperidine rings is 1. The van der Waals surface area contributed by atoms with E-state index in [-0.39, 0.29) is 6.04 Å². The van der Waals surface area contributed by atoms with Crippen LogP contribution in [-0.4, -0.2) is 44.7 Å². The zero-order valence-corrected chi connectivity index (χ0v) is 16.3. The van der Waals surface area contributed by atoms with E-state index in [9.17, 15) is 0 Å². The molecule has 1 aromatic heterocycles. The SMILES string of the molecule is CN=C(NCc1cccc(OC)c1)NCC(c1ccco1)N1CCCCC1. The fourth-order valence-corrected chi connectivity index (χ4v) is 3.50. The molecule has 1 aliphatic heterocycles. The Hall–Kier alpha value is -2.47. The quantitative estimate of drug-likeness (QED) is 0.579. The molecule has 1 fully saturated rings. The maximum absolute atomic E-state index is 5.71. The summed E-state index contributed by atoms with van der Waals surface area (Å²) < 4.78 is 11.0. The van der Waals surface area contributed by atoms with Crippen molar-refractivity contribution in [3.63, 3.8) is 0 Å². The number of benzene rings is 1. The molecule has 146 valence electrons. The minimum atomic E-state index is 0.218. The van der Waals surface area contributed by atoms with E-state index >= 15 is 0 Å². The van der Waals surface area contributed by atoms with Crippen LogP contribution in [0, 0.1) is 0 Å². The van der Waals surface area contributed by atoms with Gasteiger partial charge in [0.25, 0.3) is 0 Å². The topological polar surface area (TPSA) is 62.0 Å². The van der Waals surface area contributed by atoms with Crippen LogP contribution in [0.4, 0.5) is 0 Å². The van der Waals surface area contributed by atoms with Crippen LogP contribution in [0.1, 0.15) is 36.6 Å². The molecular formula is C21H30N4O2. The Morgan fingerprint density at radius 2 is 2.04 bits per heavy atom. The summed E-state index contributed by atoms with van der Waals surface area (Å²) in [6, 6.07) is 12.3. The van der Waals surface area contributed by atoms with Crippen LogP contribution in [0.3, 0.4) is 0 Å². The molecule has 0 bridgehead atoms. The number of methoxy groups -OCH3 is 1. The molecule has 0 amide bonds. The molecule has 0 aliphatic carbocycles. The number of ether oxygens (including phenoxy) is 1. The third-order valence-electron chi connectivity index (χ3n) is 4.98. The molecule has 27 heavy (non-hydrogen) atoms. The van der Waals surface area contributed by atoms with E-state index in [1.165, 1.54) is 19.3 Å². The Kier molecular flexibility index (Phi) is 7.16. The van der Waals surface area contributed by atoms with Crippen LogP contribution >= 0.6 is 0 Å². The molecule has 6 heteroatoms.